The first-order valence-electron chi connectivity index (χ1n) is 8.19. The van der Waals surface area contributed by atoms with Crippen LogP contribution < -0.4 is 0 Å². The third kappa shape index (κ3) is 3.29. The SMILES string of the molecule is CN(CCC#N)CCCC1CCC2(O)CC(O)C(O)CC12O. The molecule has 0 saturated heterocycles. The fourth-order valence-electron chi connectivity index (χ4n) is 4.16. The Hall–Kier alpha value is -0.710. The van der Waals surface area contributed by atoms with Crippen LogP contribution >= 0.6 is 0 Å². The van der Waals surface area contributed by atoms with Crippen LogP contribution in [0.4, 0.5) is 0 Å². The van der Waals surface area contributed by atoms with Crippen molar-refractivity contribution >= 4 is 0 Å². The van der Waals surface area contributed by atoms with Gasteiger partial charge < -0.3 is 25.3 Å². The Bertz CT molecular complexity index is 427. The van der Waals surface area contributed by atoms with Crippen molar-refractivity contribution in [2.45, 2.75) is 68.4 Å². The number of fused-ring (bicyclic) bond motifs is 1. The summed E-state index contributed by atoms with van der Waals surface area (Å²) in [7, 11) is 1.97. The average Bonchev–Trinajstić information content (AvgIpc) is 2.69. The summed E-state index contributed by atoms with van der Waals surface area (Å²) in [4.78, 5) is 2.09. The molecule has 22 heavy (non-hydrogen) atoms. The van der Waals surface area contributed by atoms with Gasteiger partial charge in [-0.05, 0) is 45.2 Å². The Kier molecular flexibility index (Phi) is 5.46. The van der Waals surface area contributed by atoms with Gasteiger partial charge in [0.1, 0.15) is 0 Å². The molecule has 0 aromatic carbocycles. The normalized spacial score (nSPS) is 41.4. The standard InChI is InChI=1S/C16H28N2O4/c1-18(9-3-7-17)8-2-4-12-5-6-15(21)10-13(19)14(20)11-16(12,15)22/h12-14,19-22H,2-6,8-11H2,1H3. The lowest BCUT2D eigenvalue weighted by molar-refractivity contribution is -0.220. The van der Waals surface area contributed by atoms with Crippen LogP contribution in [0.3, 0.4) is 0 Å². The van der Waals surface area contributed by atoms with Crippen molar-refractivity contribution in [1.29, 1.82) is 5.26 Å². The van der Waals surface area contributed by atoms with E-state index in [0.29, 0.717) is 19.3 Å². The molecule has 0 bridgehead atoms. The van der Waals surface area contributed by atoms with Crippen molar-refractivity contribution in [3.63, 3.8) is 0 Å². The van der Waals surface area contributed by atoms with E-state index in [-0.39, 0.29) is 18.8 Å². The molecule has 0 amide bonds. The van der Waals surface area contributed by atoms with Gasteiger partial charge in [-0.25, -0.2) is 0 Å². The lowest BCUT2D eigenvalue weighted by Gasteiger charge is -2.48. The summed E-state index contributed by atoms with van der Waals surface area (Å²) in [5.74, 6) is -0.0518. The molecule has 2 saturated carbocycles. The first-order valence-corrected chi connectivity index (χ1v) is 8.19. The van der Waals surface area contributed by atoms with Crippen LogP contribution in [0, 0.1) is 17.2 Å². The maximum absolute atomic E-state index is 10.9. The molecule has 5 unspecified atom stereocenters. The number of nitriles is 1. The van der Waals surface area contributed by atoms with Gasteiger partial charge in [0.15, 0.2) is 0 Å². The average molecular weight is 312 g/mol. The van der Waals surface area contributed by atoms with Gasteiger partial charge in [-0.15, -0.1) is 0 Å². The molecule has 2 aliphatic carbocycles. The minimum Gasteiger partial charge on any atom is -0.390 e. The second-order valence-corrected chi connectivity index (χ2v) is 7.09. The highest BCUT2D eigenvalue weighted by Crippen LogP contribution is 2.53. The molecular weight excluding hydrogens is 284 g/mol. The number of hydrogen-bond donors (Lipinski definition) is 4. The van der Waals surface area contributed by atoms with Gasteiger partial charge in [-0.2, -0.15) is 5.26 Å². The quantitative estimate of drug-likeness (QED) is 0.550. The molecule has 2 fully saturated rings. The molecule has 126 valence electrons. The van der Waals surface area contributed by atoms with Gasteiger partial charge in [0.25, 0.3) is 0 Å². The van der Waals surface area contributed by atoms with Crippen LogP contribution in [0.25, 0.3) is 0 Å². The van der Waals surface area contributed by atoms with Crippen molar-refractivity contribution in [2.75, 3.05) is 20.1 Å². The monoisotopic (exact) mass is 312 g/mol. The van der Waals surface area contributed by atoms with Gasteiger partial charge >= 0.3 is 0 Å². The maximum Gasteiger partial charge on any atom is 0.0987 e. The Labute approximate surface area is 132 Å². The zero-order chi connectivity index (χ0) is 16.4. The van der Waals surface area contributed by atoms with Crippen molar-refractivity contribution in [3.8, 4) is 6.07 Å². The zero-order valence-electron chi connectivity index (χ0n) is 13.3. The van der Waals surface area contributed by atoms with E-state index in [1.165, 1.54) is 0 Å². The minimum atomic E-state index is -1.29. The topological polar surface area (TPSA) is 108 Å². The first kappa shape index (κ1) is 17.6. The van der Waals surface area contributed by atoms with Crippen LogP contribution in [-0.2, 0) is 0 Å². The van der Waals surface area contributed by atoms with E-state index >= 15 is 0 Å². The van der Waals surface area contributed by atoms with Crippen LogP contribution in [0.15, 0.2) is 0 Å². The fraction of sp³-hybridized carbons (Fsp3) is 0.938. The van der Waals surface area contributed by atoms with Crippen LogP contribution in [0.2, 0.25) is 0 Å². The highest BCUT2D eigenvalue weighted by atomic mass is 16.4. The molecule has 2 rings (SSSR count). The maximum atomic E-state index is 10.9. The van der Waals surface area contributed by atoms with Gasteiger partial charge in [-0.1, -0.05) is 0 Å². The summed E-state index contributed by atoms with van der Waals surface area (Å²) < 4.78 is 0. The summed E-state index contributed by atoms with van der Waals surface area (Å²) in [6.07, 6.45) is 1.51. The highest BCUT2D eigenvalue weighted by Gasteiger charge is 2.62. The van der Waals surface area contributed by atoms with Gasteiger partial charge in [-0.3, -0.25) is 0 Å². The van der Waals surface area contributed by atoms with Gasteiger partial charge in [0.2, 0.25) is 0 Å². The summed E-state index contributed by atoms with van der Waals surface area (Å²) in [5.41, 5.74) is -2.57. The highest BCUT2D eigenvalue weighted by molar-refractivity contribution is 5.14. The van der Waals surface area contributed by atoms with Gasteiger partial charge in [0, 0.05) is 25.8 Å². The fourth-order valence-corrected chi connectivity index (χ4v) is 4.16. The smallest absolute Gasteiger partial charge is 0.0987 e. The summed E-state index contributed by atoms with van der Waals surface area (Å²) >= 11 is 0. The predicted octanol–water partition coefficient (Wildman–Crippen LogP) is -0.000120. The van der Waals surface area contributed by atoms with Crippen LogP contribution in [-0.4, -0.2) is 68.9 Å². The van der Waals surface area contributed by atoms with E-state index in [4.69, 9.17) is 5.26 Å². The summed E-state index contributed by atoms with van der Waals surface area (Å²) in [6.45, 7) is 1.58. The Balaban J connectivity index is 1.89. The van der Waals surface area contributed by atoms with E-state index in [2.05, 4.69) is 11.0 Å². The third-order valence-corrected chi connectivity index (χ3v) is 5.60. The molecule has 0 aliphatic heterocycles. The largest absolute Gasteiger partial charge is 0.390 e. The zero-order valence-corrected chi connectivity index (χ0v) is 13.3. The molecule has 0 aromatic heterocycles. The number of aliphatic hydroxyl groups is 4. The second-order valence-electron chi connectivity index (χ2n) is 7.09. The van der Waals surface area contributed by atoms with E-state index in [1.54, 1.807) is 0 Å². The van der Waals surface area contributed by atoms with E-state index in [9.17, 15) is 20.4 Å². The predicted molar refractivity (Wildman–Crippen MR) is 80.8 cm³/mol. The molecule has 2 aliphatic rings. The molecule has 4 N–H and O–H groups in total. The first-order chi connectivity index (χ1) is 10.3. The van der Waals surface area contributed by atoms with E-state index < -0.39 is 23.4 Å². The summed E-state index contributed by atoms with van der Waals surface area (Å²) in [6, 6.07) is 2.12. The summed E-state index contributed by atoms with van der Waals surface area (Å²) in [5, 5.41) is 49.8. The number of nitrogens with zero attached hydrogens (tertiary/aromatic N) is 2. The lowest BCUT2D eigenvalue weighted by atomic mass is 9.67. The molecule has 0 aromatic rings. The third-order valence-electron chi connectivity index (χ3n) is 5.60. The number of rotatable bonds is 6. The van der Waals surface area contributed by atoms with Crippen molar-refractivity contribution in [1.82, 2.24) is 4.90 Å². The molecule has 6 heteroatoms. The van der Waals surface area contributed by atoms with Crippen molar-refractivity contribution in [3.05, 3.63) is 0 Å². The van der Waals surface area contributed by atoms with Gasteiger partial charge in [0.05, 0.1) is 29.5 Å². The molecule has 6 nitrogen and oxygen atoms in total. The van der Waals surface area contributed by atoms with Crippen LogP contribution in [0.1, 0.15) is 44.9 Å². The van der Waals surface area contributed by atoms with Crippen molar-refractivity contribution < 1.29 is 20.4 Å². The number of hydrogen-bond acceptors (Lipinski definition) is 6. The van der Waals surface area contributed by atoms with E-state index in [0.717, 1.165) is 25.9 Å². The Morgan fingerprint density at radius 1 is 1.18 bits per heavy atom. The molecule has 0 spiro atoms. The molecule has 0 heterocycles. The molecular formula is C16H28N2O4. The minimum absolute atomic E-state index is 0.0413. The number of aliphatic hydroxyl groups excluding tert-OH is 2. The van der Waals surface area contributed by atoms with Crippen LogP contribution in [0.5, 0.6) is 0 Å². The molecule has 0 radical (unpaired) electrons. The Morgan fingerprint density at radius 3 is 2.55 bits per heavy atom. The van der Waals surface area contributed by atoms with Crippen molar-refractivity contribution in [2.24, 2.45) is 5.92 Å². The second kappa shape index (κ2) is 6.81. The molecule has 5 atom stereocenters. The lowest BCUT2D eigenvalue weighted by Crippen LogP contribution is -2.62. The van der Waals surface area contributed by atoms with E-state index in [1.807, 2.05) is 7.05 Å². The Morgan fingerprint density at radius 2 is 1.86 bits per heavy atom.